The average Bonchev–Trinajstić information content (AvgIpc) is 3.10. The van der Waals surface area contributed by atoms with Gasteiger partial charge in [-0.05, 0) is 47.5 Å². The van der Waals surface area contributed by atoms with Crippen LogP contribution in [0.2, 0.25) is 0 Å². The van der Waals surface area contributed by atoms with E-state index in [4.69, 9.17) is 28.4 Å². The Morgan fingerprint density at radius 3 is 1.35 bits per heavy atom. The molecule has 2 aliphatic heterocycles. The third-order valence-corrected chi connectivity index (χ3v) is 7.83. The topological polar surface area (TPSA) is 251 Å². The van der Waals surface area contributed by atoms with E-state index in [0.29, 0.717) is 11.1 Å². The molecule has 268 valence electrons. The number of methoxy groups -OCH3 is 2. The summed E-state index contributed by atoms with van der Waals surface area (Å²) in [6.45, 7) is -1.24. The Bertz CT molecular complexity index is 1380. The van der Waals surface area contributed by atoms with Crippen molar-refractivity contribution in [1.29, 1.82) is 0 Å². The number of rotatable bonds is 14. The maximum atomic E-state index is 12.5. The minimum absolute atomic E-state index is 0.112. The van der Waals surface area contributed by atoms with Gasteiger partial charge in [-0.2, -0.15) is 0 Å². The molecular weight excluding hydrogens is 652 g/mol. The Morgan fingerprint density at radius 2 is 1.00 bits per heavy atom. The largest absolute Gasteiger partial charge is 0.493 e. The van der Waals surface area contributed by atoms with E-state index in [1.165, 1.54) is 62.8 Å². The van der Waals surface area contributed by atoms with Crippen molar-refractivity contribution in [2.45, 2.75) is 67.8 Å². The number of carbonyl (C=O) groups is 2. The quantitative estimate of drug-likeness (QED) is 0.0813. The number of aliphatic hydroxyl groups is 8. The van der Waals surface area contributed by atoms with Gasteiger partial charge in [0.1, 0.15) is 48.8 Å². The highest BCUT2D eigenvalue weighted by Crippen LogP contribution is 2.34. The highest BCUT2D eigenvalue weighted by atomic mass is 16.7. The van der Waals surface area contributed by atoms with E-state index < -0.39 is 92.6 Å². The number of allylic oxidation sites excluding steroid dienone is 2. The van der Waals surface area contributed by atoms with E-state index >= 15 is 0 Å². The molecule has 2 aromatic carbocycles. The number of hydrogen-bond donors (Lipinski definition) is 8. The van der Waals surface area contributed by atoms with Gasteiger partial charge in [0.05, 0.1) is 33.9 Å². The minimum atomic E-state index is -1.62. The summed E-state index contributed by atoms with van der Waals surface area (Å²) in [6, 6.07) is 9.09. The van der Waals surface area contributed by atoms with Crippen LogP contribution in [0.5, 0.6) is 23.0 Å². The fourth-order valence-corrected chi connectivity index (χ4v) is 5.02. The van der Waals surface area contributed by atoms with Gasteiger partial charge in [0.25, 0.3) is 0 Å². The normalized spacial score (nSPS) is 30.3. The molecule has 2 aliphatic rings. The number of carbonyl (C=O) groups excluding carboxylic acids is 2. The minimum Gasteiger partial charge on any atom is -0.493 e. The standard InChI is InChI=1S/C33H40O16/c1-44-22-11-16(5-9-20(22)46-32-30(42)28(40)26(38)24(14-34)48-32)3-7-18(36)13-19(37)8-4-17-6-10-21(23(12-17)45-2)47-33-31(43)29(41)27(39)25(15-35)49-33/h3-12,24-35,38-43H,13-15H2,1-2H3/b7-3+,8-4+/t24-,25+,26-,27+,28+,29-,30-,31+,32+,33-. The Kier molecular flexibility index (Phi) is 13.2. The van der Waals surface area contributed by atoms with E-state index in [2.05, 4.69) is 0 Å². The van der Waals surface area contributed by atoms with Crippen molar-refractivity contribution in [3.05, 3.63) is 59.7 Å². The predicted octanol–water partition coefficient (Wildman–Crippen LogP) is -1.68. The second-order valence-electron chi connectivity index (χ2n) is 11.2. The first-order valence-electron chi connectivity index (χ1n) is 15.1. The van der Waals surface area contributed by atoms with Gasteiger partial charge >= 0.3 is 0 Å². The van der Waals surface area contributed by atoms with Gasteiger partial charge in [0, 0.05) is 0 Å². The molecule has 0 radical (unpaired) electrons. The van der Waals surface area contributed by atoms with Crippen molar-refractivity contribution < 1.29 is 78.9 Å². The van der Waals surface area contributed by atoms with Crippen LogP contribution in [0.15, 0.2) is 48.6 Å². The van der Waals surface area contributed by atoms with Crippen LogP contribution >= 0.6 is 0 Å². The molecule has 2 heterocycles. The van der Waals surface area contributed by atoms with Crippen molar-refractivity contribution in [3.8, 4) is 23.0 Å². The maximum Gasteiger partial charge on any atom is 0.229 e. The zero-order valence-corrected chi connectivity index (χ0v) is 26.5. The van der Waals surface area contributed by atoms with Crippen LogP contribution in [0, 0.1) is 0 Å². The Labute approximate surface area is 280 Å². The van der Waals surface area contributed by atoms with E-state index in [9.17, 15) is 50.4 Å². The molecule has 8 N–H and O–H groups in total. The highest BCUT2D eigenvalue weighted by Gasteiger charge is 2.46. The number of ether oxygens (including phenoxy) is 6. The van der Waals surface area contributed by atoms with E-state index in [1.807, 2.05) is 0 Å². The summed E-state index contributed by atoms with van der Waals surface area (Å²) in [5.74, 6) is -0.384. The molecule has 16 heteroatoms. The Balaban J connectivity index is 1.33. The van der Waals surface area contributed by atoms with Crippen LogP contribution in [0.4, 0.5) is 0 Å². The lowest BCUT2D eigenvalue weighted by molar-refractivity contribution is -0.277. The third kappa shape index (κ3) is 9.20. The zero-order valence-electron chi connectivity index (χ0n) is 26.5. The average molecular weight is 693 g/mol. The Morgan fingerprint density at radius 1 is 0.612 bits per heavy atom. The van der Waals surface area contributed by atoms with Gasteiger partial charge in [0.2, 0.25) is 12.6 Å². The molecule has 2 fully saturated rings. The van der Waals surface area contributed by atoms with Crippen LogP contribution in [0.25, 0.3) is 12.2 Å². The van der Waals surface area contributed by atoms with Gasteiger partial charge in [-0.1, -0.05) is 24.3 Å². The number of ketones is 2. The van der Waals surface area contributed by atoms with E-state index in [0.717, 1.165) is 0 Å². The van der Waals surface area contributed by atoms with Crippen LogP contribution < -0.4 is 18.9 Å². The zero-order chi connectivity index (χ0) is 35.8. The van der Waals surface area contributed by atoms with Crippen molar-refractivity contribution in [2.24, 2.45) is 0 Å². The fourth-order valence-electron chi connectivity index (χ4n) is 5.02. The lowest BCUT2D eigenvalue weighted by atomic mass is 9.99. The molecule has 10 atom stereocenters. The first-order chi connectivity index (χ1) is 23.4. The fraction of sp³-hybridized carbons (Fsp3) is 0.455. The number of benzene rings is 2. The van der Waals surface area contributed by atoms with Gasteiger partial charge in [-0.25, -0.2) is 0 Å². The molecule has 4 rings (SSSR count). The first-order valence-corrected chi connectivity index (χ1v) is 15.1. The summed E-state index contributed by atoms with van der Waals surface area (Å²) < 4.78 is 32.6. The summed E-state index contributed by atoms with van der Waals surface area (Å²) in [4.78, 5) is 25.0. The van der Waals surface area contributed by atoms with Gasteiger partial charge in [-0.15, -0.1) is 0 Å². The lowest BCUT2D eigenvalue weighted by Crippen LogP contribution is -2.60. The van der Waals surface area contributed by atoms with Gasteiger partial charge < -0.3 is 69.3 Å². The smallest absolute Gasteiger partial charge is 0.229 e. The van der Waals surface area contributed by atoms with Crippen LogP contribution in [0.3, 0.4) is 0 Å². The molecule has 16 nitrogen and oxygen atoms in total. The first kappa shape index (κ1) is 37.9. The third-order valence-electron chi connectivity index (χ3n) is 7.83. The van der Waals surface area contributed by atoms with Crippen LogP contribution in [-0.4, -0.2) is 141 Å². The summed E-state index contributed by atoms with van der Waals surface area (Å²) in [7, 11) is 2.71. The summed E-state index contributed by atoms with van der Waals surface area (Å²) in [5, 5.41) is 79.1. The van der Waals surface area contributed by atoms with Gasteiger partial charge in [0.15, 0.2) is 34.6 Å². The second-order valence-corrected chi connectivity index (χ2v) is 11.2. The predicted molar refractivity (Wildman–Crippen MR) is 167 cm³/mol. The molecule has 2 saturated heterocycles. The molecule has 0 unspecified atom stereocenters. The van der Waals surface area contributed by atoms with E-state index in [-0.39, 0.29) is 23.0 Å². The lowest BCUT2D eigenvalue weighted by Gasteiger charge is -2.39. The van der Waals surface area contributed by atoms with Gasteiger partial charge in [-0.3, -0.25) is 9.59 Å². The maximum absolute atomic E-state index is 12.5. The van der Waals surface area contributed by atoms with Crippen molar-refractivity contribution in [2.75, 3.05) is 27.4 Å². The molecule has 49 heavy (non-hydrogen) atoms. The van der Waals surface area contributed by atoms with Crippen LogP contribution in [0.1, 0.15) is 17.5 Å². The molecule has 2 aromatic rings. The van der Waals surface area contributed by atoms with Crippen LogP contribution in [-0.2, 0) is 19.1 Å². The molecule has 0 aliphatic carbocycles. The van der Waals surface area contributed by atoms with Crippen molar-refractivity contribution in [1.82, 2.24) is 0 Å². The SMILES string of the molecule is COc1cc(/C=C/C(=O)CC(=O)/C=C/c2ccc(O[C@H]3O[C@H](CO)[C@@H](O)[C@H](O)[C@H]3O)c(OC)c2)ccc1O[C@@H]1O[C@@H](CO)[C@H](O)[C@@H](O)[C@@H]1O. The van der Waals surface area contributed by atoms with Crippen molar-refractivity contribution >= 4 is 23.7 Å². The summed E-state index contributed by atoms with van der Waals surface area (Å²) >= 11 is 0. The molecular formula is C33H40O16. The molecule has 0 bridgehead atoms. The second kappa shape index (κ2) is 17.1. The Hall–Kier alpha value is -3.94. The molecule has 0 aromatic heterocycles. The number of hydrogen-bond acceptors (Lipinski definition) is 16. The highest BCUT2D eigenvalue weighted by molar-refractivity contribution is 6.10. The van der Waals surface area contributed by atoms with E-state index in [1.54, 1.807) is 12.1 Å². The van der Waals surface area contributed by atoms with Crippen molar-refractivity contribution in [3.63, 3.8) is 0 Å². The molecule has 0 saturated carbocycles. The number of aliphatic hydroxyl groups excluding tert-OH is 8. The molecule has 0 spiro atoms. The summed E-state index contributed by atoms with van der Waals surface area (Å²) in [5.41, 5.74) is 1.01. The molecule has 0 amide bonds. The monoisotopic (exact) mass is 692 g/mol. The summed E-state index contributed by atoms with van der Waals surface area (Å²) in [6.07, 6.45) is -9.81.